The number of ether oxygens (including phenoxy) is 1. The molecule has 0 spiro atoms. The van der Waals surface area contributed by atoms with E-state index in [2.05, 4.69) is 26.0 Å². The van der Waals surface area contributed by atoms with Gasteiger partial charge in [-0.2, -0.15) is 0 Å². The van der Waals surface area contributed by atoms with Crippen LogP contribution in [-0.2, 0) is 0 Å². The van der Waals surface area contributed by atoms with Gasteiger partial charge < -0.3 is 10.5 Å². The Bertz CT molecular complexity index is 384. The number of anilines is 1. The van der Waals surface area contributed by atoms with Gasteiger partial charge in [-0.05, 0) is 37.6 Å². The van der Waals surface area contributed by atoms with Crippen molar-refractivity contribution in [1.82, 2.24) is 0 Å². The Morgan fingerprint density at radius 3 is 2.93 bits per heavy atom. The van der Waals surface area contributed by atoms with E-state index in [1.54, 1.807) is 0 Å². The zero-order valence-corrected chi connectivity index (χ0v) is 8.58. The van der Waals surface area contributed by atoms with E-state index in [0.29, 0.717) is 0 Å². The minimum atomic E-state index is -0.164. The fraction of sp³-hybridized carbons (Fsp3) is 0.333. The fourth-order valence-corrected chi connectivity index (χ4v) is 1.53. The molecule has 14 heavy (non-hydrogen) atoms. The molecular formula is C12H15NO. The highest BCUT2D eigenvalue weighted by molar-refractivity contribution is 5.65. The summed E-state index contributed by atoms with van der Waals surface area (Å²) in [6.45, 7) is 4.20. The van der Waals surface area contributed by atoms with Crippen LogP contribution in [0.25, 0.3) is 6.08 Å². The van der Waals surface area contributed by atoms with Crippen molar-refractivity contribution < 1.29 is 4.74 Å². The molecule has 74 valence electrons. The van der Waals surface area contributed by atoms with E-state index >= 15 is 0 Å². The van der Waals surface area contributed by atoms with E-state index in [9.17, 15) is 0 Å². The number of fused-ring (bicyclic) bond motifs is 1. The summed E-state index contributed by atoms with van der Waals surface area (Å²) < 4.78 is 5.88. The molecule has 2 N–H and O–H groups in total. The van der Waals surface area contributed by atoms with E-state index in [4.69, 9.17) is 10.5 Å². The Morgan fingerprint density at radius 2 is 2.21 bits per heavy atom. The van der Waals surface area contributed by atoms with Crippen LogP contribution in [0.3, 0.4) is 0 Å². The summed E-state index contributed by atoms with van der Waals surface area (Å²) in [5, 5.41) is 0. The summed E-state index contributed by atoms with van der Waals surface area (Å²) in [5.74, 6) is 0.922. The van der Waals surface area contributed by atoms with Crippen LogP contribution in [0.2, 0.25) is 0 Å². The smallest absolute Gasteiger partial charge is 0.127 e. The predicted molar refractivity (Wildman–Crippen MR) is 59.2 cm³/mol. The lowest BCUT2D eigenvalue weighted by atomic mass is 9.97. The van der Waals surface area contributed by atoms with E-state index < -0.39 is 0 Å². The zero-order valence-electron chi connectivity index (χ0n) is 8.58. The molecule has 1 aromatic carbocycles. The van der Waals surface area contributed by atoms with Gasteiger partial charge in [0, 0.05) is 11.3 Å². The van der Waals surface area contributed by atoms with Crippen molar-refractivity contribution in [1.29, 1.82) is 0 Å². The van der Waals surface area contributed by atoms with Crippen molar-refractivity contribution >= 4 is 11.8 Å². The van der Waals surface area contributed by atoms with Crippen LogP contribution in [0.15, 0.2) is 24.3 Å². The van der Waals surface area contributed by atoms with Crippen molar-refractivity contribution in [2.75, 3.05) is 5.73 Å². The molecule has 0 saturated heterocycles. The van der Waals surface area contributed by atoms with Crippen molar-refractivity contribution in [2.45, 2.75) is 25.9 Å². The van der Waals surface area contributed by atoms with Gasteiger partial charge >= 0.3 is 0 Å². The van der Waals surface area contributed by atoms with Crippen LogP contribution in [0.1, 0.15) is 25.8 Å². The zero-order chi connectivity index (χ0) is 10.2. The molecule has 2 rings (SSSR count). The van der Waals surface area contributed by atoms with Gasteiger partial charge in [0.2, 0.25) is 0 Å². The highest BCUT2D eigenvalue weighted by Gasteiger charge is 2.24. The van der Waals surface area contributed by atoms with Gasteiger partial charge in [-0.15, -0.1) is 0 Å². The van der Waals surface area contributed by atoms with Gasteiger partial charge in [-0.25, -0.2) is 0 Å². The van der Waals surface area contributed by atoms with E-state index in [0.717, 1.165) is 23.4 Å². The standard InChI is InChI=1S/C12H15NO/c1-3-12(2)7-6-9-8-10(13)4-5-11(9)14-12/h4-8H,3,13H2,1-2H3. The number of benzene rings is 1. The number of hydrogen-bond acceptors (Lipinski definition) is 2. The van der Waals surface area contributed by atoms with E-state index in [-0.39, 0.29) is 5.60 Å². The van der Waals surface area contributed by atoms with Crippen LogP contribution < -0.4 is 10.5 Å². The molecule has 0 aromatic heterocycles. The van der Waals surface area contributed by atoms with Crippen LogP contribution in [0.5, 0.6) is 5.75 Å². The quantitative estimate of drug-likeness (QED) is 0.689. The molecule has 1 atom stereocenters. The van der Waals surface area contributed by atoms with E-state index in [1.807, 2.05) is 18.2 Å². The summed E-state index contributed by atoms with van der Waals surface area (Å²) in [4.78, 5) is 0. The summed E-state index contributed by atoms with van der Waals surface area (Å²) in [6, 6.07) is 5.73. The highest BCUT2D eigenvalue weighted by atomic mass is 16.5. The van der Waals surface area contributed by atoms with Crippen LogP contribution >= 0.6 is 0 Å². The number of nitrogens with two attached hydrogens (primary N) is 1. The van der Waals surface area contributed by atoms with Gasteiger partial charge in [-0.3, -0.25) is 0 Å². The van der Waals surface area contributed by atoms with Crippen LogP contribution in [-0.4, -0.2) is 5.60 Å². The third-order valence-electron chi connectivity index (χ3n) is 2.69. The normalized spacial score (nSPS) is 24.1. The lowest BCUT2D eigenvalue weighted by molar-refractivity contribution is 0.133. The molecule has 0 amide bonds. The van der Waals surface area contributed by atoms with Gasteiger partial charge in [0.05, 0.1) is 0 Å². The fourth-order valence-electron chi connectivity index (χ4n) is 1.53. The molecule has 0 aliphatic carbocycles. The number of nitrogen functional groups attached to an aromatic ring is 1. The first-order valence-electron chi connectivity index (χ1n) is 4.91. The Hall–Kier alpha value is -1.44. The van der Waals surface area contributed by atoms with E-state index in [1.165, 1.54) is 0 Å². The van der Waals surface area contributed by atoms with Crippen molar-refractivity contribution in [3.8, 4) is 5.75 Å². The van der Waals surface area contributed by atoms with Crippen LogP contribution in [0, 0.1) is 0 Å². The SMILES string of the molecule is CCC1(C)C=Cc2cc(N)ccc2O1. The molecule has 1 aromatic rings. The summed E-state index contributed by atoms with van der Waals surface area (Å²) in [6.07, 6.45) is 5.14. The summed E-state index contributed by atoms with van der Waals surface area (Å²) in [7, 11) is 0. The largest absolute Gasteiger partial charge is 0.483 e. The maximum atomic E-state index is 5.88. The average molecular weight is 189 g/mol. The molecule has 2 heteroatoms. The van der Waals surface area contributed by atoms with Gasteiger partial charge in [0.1, 0.15) is 11.4 Å². The molecule has 1 aliphatic heterocycles. The monoisotopic (exact) mass is 189 g/mol. The minimum Gasteiger partial charge on any atom is -0.483 e. The first-order chi connectivity index (χ1) is 6.63. The predicted octanol–water partition coefficient (Wildman–Crippen LogP) is 2.84. The maximum absolute atomic E-state index is 5.88. The second-order valence-electron chi connectivity index (χ2n) is 3.90. The molecule has 0 saturated carbocycles. The first kappa shape index (κ1) is 9.13. The number of rotatable bonds is 1. The molecule has 1 aliphatic rings. The van der Waals surface area contributed by atoms with Crippen molar-refractivity contribution in [3.05, 3.63) is 29.8 Å². The molecule has 0 fully saturated rings. The molecule has 0 radical (unpaired) electrons. The van der Waals surface area contributed by atoms with Crippen molar-refractivity contribution in [3.63, 3.8) is 0 Å². The second kappa shape index (κ2) is 3.05. The topological polar surface area (TPSA) is 35.2 Å². The Morgan fingerprint density at radius 1 is 1.43 bits per heavy atom. The first-order valence-corrected chi connectivity index (χ1v) is 4.91. The second-order valence-corrected chi connectivity index (χ2v) is 3.90. The van der Waals surface area contributed by atoms with Gasteiger partial charge in [-0.1, -0.05) is 13.0 Å². The van der Waals surface area contributed by atoms with Gasteiger partial charge in [0.25, 0.3) is 0 Å². The Balaban J connectivity index is 2.41. The molecule has 0 bridgehead atoms. The Labute approximate surface area is 84.4 Å². The van der Waals surface area contributed by atoms with Gasteiger partial charge in [0.15, 0.2) is 0 Å². The lowest BCUT2D eigenvalue weighted by Gasteiger charge is -2.30. The highest BCUT2D eigenvalue weighted by Crippen LogP contribution is 2.33. The Kier molecular flexibility index (Phi) is 1.99. The summed E-state index contributed by atoms with van der Waals surface area (Å²) >= 11 is 0. The molecular weight excluding hydrogens is 174 g/mol. The maximum Gasteiger partial charge on any atom is 0.127 e. The third kappa shape index (κ3) is 1.48. The minimum absolute atomic E-state index is 0.164. The molecule has 1 heterocycles. The summed E-state index contributed by atoms with van der Waals surface area (Å²) in [5.41, 5.74) is 7.37. The lowest BCUT2D eigenvalue weighted by Crippen LogP contribution is -2.30. The molecule has 2 nitrogen and oxygen atoms in total. The average Bonchev–Trinajstić information content (AvgIpc) is 2.19. The molecule has 1 unspecified atom stereocenters. The third-order valence-corrected chi connectivity index (χ3v) is 2.69. The van der Waals surface area contributed by atoms with Crippen LogP contribution in [0.4, 0.5) is 5.69 Å². The van der Waals surface area contributed by atoms with Crippen molar-refractivity contribution in [2.24, 2.45) is 0 Å². The number of hydrogen-bond donors (Lipinski definition) is 1.